The second-order valence-electron chi connectivity index (χ2n) is 7.12. The number of rotatable bonds is 7. The number of benzene rings is 1. The summed E-state index contributed by atoms with van der Waals surface area (Å²) >= 11 is 1.71. The third kappa shape index (κ3) is 4.72. The van der Waals surface area contributed by atoms with E-state index >= 15 is 0 Å². The molecule has 29 heavy (non-hydrogen) atoms. The van der Waals surface area contributed by atoms with Crippen LogP contribution in [0.1, 0.15) is 33.9 Å². The van der Waals surface area contributed by atoms with Gasteiger partial charge < -0.3 is 14.5 Å². The Balaban J connectivity index is 1.61. The topological polar surface area (TPSA) is 84.5 Å². The van der Waals surface area contributed by atoms with Gasteiger partial charge in [0, 0.05) is 24.6 Å². The van der Waals surface area contributed by atoms with Crippen LogP contribution < -0.4 is 5.56 Å². The number of aromatic amines is 1. The molecule has 1 aliphatic heterocycles. The van der Waals surface area contributed by atoms with Crippen molar-refractivity contribution in [3.05, 3.63) is 62.3 Å². The van der Waals surface area contributed by atoms with Crippen molar-refractivity contribution >= 4 is 28.2 Å². The average molecular weight is 413 g/mol. The fourth-order valence-corrected chi connectivity index (χ4v) is 4.35. The van der Waals surface area contributed by atoms with Crippen LogP contribution in [0.15, 0.2) is 40.5 Å². The minimum absolute atomic E-state index is 0.202. The number of nitrogens with one attached hydrogen (secondary N) is 1. The van der Waals surface area contributed by atoms with E-state index in [0.29, 0.717) is 28.8 Å². The van der Waals surface area contributed by atoms with E-state index < -0.39 is 5.97 Å². The number of esters is 1. The highest BCUT2D eigenvalue weighted by atomic mass is 32.1. The van der Waals surface area contributed by atoms with Crippen molar-refractivity contribution in [3.8, 4) is 0 Å². The Hall–Kier alpha value is -2.55. The molecule has 2 aromatic heterocycles. The summed E-state index contributed by atoms with van der Waals surface area (Å²) in [5, 5.41) is 2.51. The second kappa shape index (κ2) is 8.86. The number of nitrogens with zero attached hydrogens (tertiary/aromatic N) is 2. The molecule has 0 bridgehead atoms. The SMILES string of the molecule is COC(=O)c1ccc2c(=O)[nH]c(CN(Cc3cccs3)CC3CCCO3)nc2c1. The van der Waals surface area contributed by atoms with Crippen molar-refractivity contribution in [1.29, 1.82) is 0 Å². The van der Waals surface area contributed by atoms with Gasteiger partial charge in [0.2, 0.25) is 0 Å². The maximum absolute atomic E-state index is 12.5. The van der Waals surface area contributed by atoms with Gasteiger partial charge in [0.05, 0.1) is 36.2 Å². The molecule has 0 spiro atoms. The molecule has 1 atom stereocenters. The van der Waals surface area contributed by atoms with Crippen molar-refractivity contribution in [3.63, 3.8) is 0 Å². The quantitative estimate of drug-likeness (QED) is 0.600. The fraction of sp³-hybridized carbons (Fsp3) is 0.381. The maximum atomic E-state index is 12.5. The molecule has 1 aromatic carbocycles. The van der Waals surface area contributed by atoms with Crippen LogP contribution in [0.2, 0.25) is 0 Å². The minimum atomic E-state index is -0.451. The zero-order valence-electron chi connectivity index (χ0n) is 16.2. The van der Waals surface area contributed by atoms with Gasteiger partial charge in [-0.25, -0.2) is 9.78 Å². The van der Waals surface area contributed by atoms with Gasteiger partial charge in [-0.15, -0.1) is 11.3 Å². The Morgan fingerprint density at radius 2 is 2.28 bits per heavy atom. The summed E-state index contributed by atoms with van der Waals surface area (Å²) in [6, 6.07) is 8.92. The summed E-state index contributed by atoms with van der Waals surface area (Å²) in [5.74, 6) is 0.118. The molecule has 1 saturated heterocycles. The summed E-state index contributed by atoms with van der Waals surface area (Å²) in [5.41, 5.74) is 0.647. The van der Waals surface area contributed by atoms with E-state index in [2.05, 4.69) is 26.3 Å². The molecule has 0 aliphatic carbocycles. The van der Waals surface area contributed by atoms with E-state index in [1.54, 1.807) is 29.5 Å². The summed E-state index contributed by atoms with van der Waals surface area (Å²) in [6.07, 6.45) is 2.33. The first kappa shape index (κ1) is 19.8. The number of methoxy groups -OCH3 is 1. The van der Waals surface area contributed by atoms with Gasteiger partial charge in [0.25, 0.3) is 5.56 Å². The summed E-state index contributed by atoms with van der Waals surface area (Å²) in [4.78, 5) is 35.4. The molecule has 152 valence electrons. The normalized spacial score (nSPS) is 16.6. The number of carbonyl (C=O) groups excluding carboxylic acids is 1. The molecule has 3 aromatic rings. The van der Waals surface area contributed by atoms with Crippen LogP contribution in [0.25, 0.3) is 10.9 Å². The van der Waals surface area contributed by atoms with E-state index in [0.717, 1.165) is 32.5 Å². The smallest absolute Gasteiger partial charge is 0.337 e. The van der Waals surface area contributed by atoms with Gasteiger partial charge in [0.15, 0.2) is 0 Å². The Bertz CT molecular complexity index is 1040. The summed E-state index contributed by atoms with van der Waals surface area (Å²) in [7, 11) is 1.33. The number of ether oxygens (including phenoxy) is 2. The molecule has 3 heterocycles. The number of thiophene rings is 1. The lowest BCUT2D eigenvalue weighted by atomic mass is 10.1. The zero-order valence-corrected chi connectivity index (χ0v) is 17.0. The second-order valence-corrected chi connectivity index (χ2v) is 8.15. The van der Waals surface area contributed by atoms with E-state index in [-0.39, 0.29) is 11.7 Å². The minimum Gasteiger partial charge on any atom is -0.465 e. The van der Waals surface area contributed by atoms with Crippen molar-refractivity contribution in [1.82, 2.24) is 14.9 Å². The summed E-state index contributed by atoms with van der Waals surface area (Å²) < 4.78 is 10.6. The lowest BCUT2D eigenvalue weighted by molar-refractivity contribution is 0.0600. The molecule has 1 fully saturated rings. The third-order valence-corrected chi connectivity index (χ3v) is 5.86. The highest BCUT2D eigenvalue weighted by Gasteiger charge is 2.21. The largest absolute Gasteiger partial charge is 0.465 e. The van der Waals surface area contributed by atoms with Crippen molar-refractivity contribution in [2.75, 3.05) is 20.3 Å². The van der Waals surface area contributed by atoms with Gasteiger partial charge in [-0.1, -0.05) is 6.07 Å². The molecular weight excluding hydrogens is 390 g/mol. The fourth-order valence-electron chi connectivity index (χ4n) is 3.60. The number of H-pyrrole nitrogens is 1. The molecule has 7 nitrogen and oxygen atoms in total. The van der Waals surface area contributed by atoms with Crippen LogP contribution in [-0.2, 0) is 22.6 Å². The first-order chi connectivity index (χ1) is 14.1. The first-order valence-electron chi connectivity index (χ1n) is 9.60. The standard InChI is InChI=1S/C21H23N3O4S/c1-27-21(26)14-6-7-17-18(10-14)22-19(23-20(17)25)13-24(11-15-4-2-8-28-15)12-16-5-3-9-29-16/h3,5-7,9-10,15H,2,4,8,11-13H2,1H3,(H,22,23,25). The van der Waals surface area contributed by atoms with E-state index in [4.69, 9.17) is 9.47 Å². The number of fused-ring (bicyclic) bond motifs is 1. The van der Waals surface area contributed by atoms with Gasteiger partial charge in [-0.05, 0) is 42.5 Å². The molecule has 0 amide bonds. The van der Waals surface area contributed by atoms with Crippen LogP contribution in [0.4, 0.5) is 0 Å². The highest BCUT2D eigenvalue weighted by Crippen LogP contribution is 2.19. The van der Waals surface area contributed by atoms with E-state index in [1.165, 1.54) is 12.0 Å². The lowest BCUT2D eigenvalue weighted by Crippen LogP contribution is -2.32. The number of hydrogen-bond acceptors (Lipinski definition) is 7. The van der Waals surface area contributed by atoms with Crippen LogP contribution in [0, 0.1) is 0 Å². The molecule has 1 aliphatic rings. The predicted molar refractivity (Wildman–Crippen MR) is 111 cm³/mol. The predicted octanol–water partition coefficient (Wildman–Crippen LogP) is 2.95. The molecule has 4 rings (SSSR count). The van der Waals surface area contributed by atoms with Crippen LogP contribution in [-0.4, -0.2) is 47.2 Å². The average Bonchev–Trinajstić information content (AvgIpc) is 3.41. The van der Waals surface area contributed by atoms with Crippen LogP contribution in [0.5, 0.6) is 0 Å². The first-order valence-corrected chi connectivity index (χ1v) is 10.5. The monoisotopic (exact) mass is 413 g/mol. The molecule has 1 N–H and O–H groups in total. The van der Waals surface area contributed by atoms with Crippen molar-refractivity contribution in [2.24, 2.45) is 0 Å². The number of carbonyl (C=O) groups is 1. The third-order valence-electron chi connectivity index (χ3n) is 5.00. The van der Waals surface area contributed by atoms with Gasteiger partial charge in [-0.2, -0.15) is 0 Å². The Kier molecular flexibility index (Phi) is 6.03. The molecule has 1 unspecified atom stereocenters. The van der Waals surface area contributed by atoms with Crippen LogP contribution in [0.3, 0.4) is 0 Å². The zero-order chi connectivity index (χ0) is 20.2. The Morgan fingerprint density at radius 1 is 1.38 bits per heavy atom. The van der Waals surface area contributed by atoms with Gasteiger partial charge in [0.1, 0.15) is 5.82 Å². The number of aromatic nitrogens is 2. The highest BCUT2D eigenvalue weighted by molar-refractivity contribution is 7.09. The van der Waals surface area contributed by atoms with Gasteiger partial charge >= 0.3 is 5.97 Å². The van der Waals surface area contributed by atoms with Crippen LogP contribution >= 0.6 is 11.3 Å². The Morgan fingerprint density at radius 3 is 3.00 bits per heavy atom. The van der Waals surface area contributed by atoms with Crippen molar-refractivity contribution < 1.29 is 14.3 Å². The van der Waals surface area contributed by atoms with Crippen molar-refractivity contribution in [2.45, 2.75) is 32.0 Å². The molecular formula is C21H23N3O4S. The molecule has 8 heteroatoms. The molecule has 0 saturated carbocycles. The lowest BCUT2D eigenvalue weighted by Gasteiger charge is -2.24. The van der Waals surface area contributed by atoms with Gasteiger partial charge in [-0.3, -0.25) is 9.69 Å². The van der Waals surface area contributed by atoms with E-state index in [1.807, 2.05) is 6.07 Å². The summed E-state index contributed by atoms with van der Waals surface area (Å²) in [6.45, 7) is 2.84. The van der Waals surface area contributed by atoms with E-state index in [9.17, 15) is 9.59 Å². The maximum Gasteiger partial charge on any atom is 0.337 e. The number of hydrogen-bond donors (Lipinski definition) is 1. The Labute approximate surface area is 172 Å². The molecule has 0 radical (unpaired) electrons.